The highest BCUT2D eigenvalue weighted by atomic mass is 19.1. The molecule has 0 aliphatic rings. The Bertz CT molecular complexity index is 408. The van der Waals surface area contributed by atoms with Crippen LogP contribution in [0.4, 0.5) is 15.8 Å². The lowest BCUT2D eigenvalue weighted by molar-refractivity contribution is -0.387. The molecule has 0 fully saturated rings. The molecule has 80 valence electrons. The molecule has 0 aliphatic carbocycles. The monoisotopic (exact) mass is 214 g/mol. The van der Waals surface area contributed by atoms with Crippen LogP contribution < -0.4 is 10.1 Å². The van der Waals surface area contributed by atoms with Gasteiger partial charge in [-0.3, -0.25) is 14.9 Å². The van der Waals surface area contributed by atoms with Crippen LogP contribution in [0.1, 0.15) is 0 Å². The van der Waals surface area contributed by atoms with Gasteiger partial charge in [-0.2, -0.15) is 4.39 Å². The third-order valence-electron chi connectivity index (χ3n) is 1.68. The van der Waals surface area contributed by atoms with Gasteiger partial charge in [0.05, 0.1) is 23.8 Å². The lowest BCUT2D eigenvalue weighted by Crippen LogP contribution is -2.00. The maximum absolute atomic E-state index is 13.1. The topological polar surface area (TPSA) is 81.5 Å². The summed E-state index contributed by atoms with van der Waals surface area (Å²) in [7, 11) is 1.26. The van der Waals surface area contributed by atoms with Crippen LogP contribution in [0.25, 0.3) is 0 Å². The van der Waals surface area contributed by atoms with Gasteiger partial charge < -0.3 is 10.1 Å². The van der Waals surface area contributed by atoms with Crippen LogP contribution in [0, 0.1) is 15.9 Å². The normalized spacial score (nSPS) is 9.47. The molecule has 1 aromatic rings. The van der Waals surface area contributed by atoms with E-state index in [2.05, 4.69) is 5.32 Å². The average molecular weight is 214 g/mol. The van der Waals surface area contributed by atoms with Gasteiger partial charge in [-0.15, -0.1) is 0 Å². The van der Waals surface area contributed by atoms with Gasteiger partial charge in [0.15, 0.2) is 0 Å². The van der Waals surface area contributed by atoms with Crippen molar-refractivity contribution in [2.24, 2.45) is 0 Å². The van der Waals surface area contributed by atoms with Crippen molar-refractivity contribution >= 4 is 17.8 Å². The van der Waals surface area contributed by atoms with Crippen LogP contribution in [0.3, 0.4) is 0 Å². The highest BCUT2D eigenvalue weighted by molar-refractivity contribution is 5.76. The van der Waals surface area contributed by atoms with Crippen LogP contribution in [-0.2, 0) is 4.79 Å². The number of methoxy groups -OCH3 is 1. The molecule has 0 aliphatic heterocycles. The molecule has 6 nitrogen and oxygen atoms in total. The first-order chi connectivity index (χ1) is 7.10. The number of nitrogens with one attached hydrogen (secondary N) is 1. The Morgan fingerprint density at radius 2 is 2.27 bits per heavy atom. The molecule has 0 unspecified atom stereocenters. The molecule has 0 aromatic heterocycles. The molecule has 0 saturated carbocycles. The van der Waals surface area contributed by atoms with Crippen molar-refractivity contribution in [1.82, 2.24) is 0 Å². The van der Waals surface area contributed by atoms with E-state index in [1.54, 1.807) is 0 Å². The molecule has 0 spiro atoms. The number of halogens is 1. The standard InChI is InChI=1S/C8H7FN2O4/c1-15-8-3-7(11(13)14)5(9)2-6(8)10-4-12/h2-4H,1H3,(H,10,12). The molecule has 0 heterocycles. The van der Waals surface area contributed by atoms with Crippen LogP contribution in [0.5, 0.6) is 5.75 Å². The second-order valence-electron chi connectivity index (χ2n) is 2.52. The molecule has 1 amide bonds. The van der Waals surface area contributed by atoms with Crippen molar-refractivity contribution in [2.75, 3.05) is 12.4 Å². The number of nitro groups is 1. The SMILES string of the molecule is COc1cc([N+](=O)[O-])c(F)cc1NC=O. The Labute approximate surface area is 83.8 Å². The number of amides is 1. The van der Waals surface area contributed by atoms with E-state index in [1.807, 2.05) is 0 Å². The highest BCUT2D eigenvalue weighted by Gasteiger charge is 2.18. The summed E-state index contributed by atoms with van der Waals surface area (Å²) in [6, 6.07) is 1.73. The number of benzene rings is 1. The van der Waals surface area contributed by atoms with Crippen LogP contribution >= 0.6 is 0 Å². The van der Waals surface area contributed by atoms with Crippen LogP contribution in [-0.4, -0.2) is 18.4 Å². The zero-order valence-corrected chi connectivity index (χ0v) is 7.69. The summed E-state index contributed by atoms with van der Waals surface area (Å²) in [6.45, 7) is 0. The molecular formula is C8H7FN2O4. The molecule has 15 heavy (non-hydrogen) atoms. The minimum atomic E-state index is -1.04. The molecule has 0 bridgehead atoms. The fourth-order valence-electron chi connectivity index (χ4n) is 1.03. The summed E-state index contributed by atoms with van der Waals surface area (Å²) >= 11 is 0. The predicted octanol–water partition coefficient (Wildman–Crippen LogP) is 1.31. The summed E-state index contributed by atoms with van der Waals surface area (Å²) in [5, 5.41) is 12.5. The number of hydrogen-bond donors (Lipinski definition) is 1. The van der Waals surface area contributed by atoms with Gasteiger partial charge in [0.2, 0.25) is 12.2 Å². The van der Waals surface area contributed by atoms with E-state index in [4.69, 9.17) is 4.74 Å². The third-order valence-corrected chi connectivity index (χ3v) is 1.68. The zero-order chi connectivity index (χ0) is 11.4. The smallest absolute Gasteiger partial charge is 0.308 e. The van der Waals surface area contributed by atoms with E-state index < -0.39 is 16.4 Å². The molecular weight excluding hydrogens is 207 g/mol. The molecule has 0 saturated heterocycles. The van der Waals surface area contributed by atoms with E-state index in [9.17, 15) is 19.3 Å². The first-order valence-electron chi connectivity index (χ1n) is 3.82. The number of anilines is 1. The minimum Gasteiger partial charge on any atom is -0.494 e. The molecule has 1 N–H and O–H groups in total. The van der Waals surface area contributed by atoms with Crippen molar-refractivity contribution < 1.29 is 18.8 Å². The largest absolute Gasteiger partial charge is 0.494 e. The second kappa shape index (κ2) is 4.36. The van der Waals surface area contributed by atoms with Gasteiger partial charge in [0, 0.05) is 6.07 Å². The molecule has 0 atom stereocenters. The quantitative estimate of drug-likeness (QED) is 0.465. The number of rotatable bonds is 4. The van der Waals surface area contributed by atoms with E-state index >= 15 is 0 Å². The van der Waals surface area contributed by atoms with E-state index in [0.29, 0.717) is 6.41 Å². The number of carbonyl (C=O) groups is 1. The number of nitro benzene ring substituents is 1. The van der Waals surface area contributed by atoms with Gasteiger partial charge in [0.25, 0.3) is 0 Å². The Balaban J connectivity index is 3.28. The second-order valence-corrected chi connectivity index (χ2v) is 2.52. The predicted molar refractivity (Wildman–Crippen MR) is 49.3 cm³/mol. The Morgan fingerprint density at radius 1 is 1.60 bits per heavy atom. The zero-order valence-electron chi connectivity index (χ0n) is 7.69. The Kier molecular flexibility index (Phi) is 3.17. The fraction of sp³-hybridized carbons (Fsp3) is 0.125. The Morgan fingerprint density at radius 3 is 2.73 bits per heavy atom. The van der Waals surface area contributed by atoms with Gasteiger partial charge in [-0.05, 0) is 0 Å². The lowest BCUT2D eigenvalue weighted by Gasteiger charge is -2.06. The molecule has 7 heteroatoms. The van der Waals surface area contributed by atoms with Crippen LogP contribution in [0.2, 0.25) is 0 Å². The third kappa shape index (κ3) is 2.19. The number of ether oxygens (including phenoxy) is 1. The van der Waals surface area contributed by atoms with Gasteiger partial charge >= 0.3 is 5.69 Å². The van der Waals surface area contributed by atoms with Crippen molar-refractivity contribution in [3.63, 3.8) is 0 Å². The highest BCUT2D eigenvalue weighted by Crippen LogP contribution is 2.31. The van der Waals surface area contributed by atoms with E-state index in [0.717, 1.165) is 12.1 Å². The summed E-state index contributed by atoms with van der Waals surface area (Å²) in [4.78, 5) is 19.7. The Hall–Kier alpha value is -2.18. The summed E-state index contributed by atoms with van der Waals surface area (Å²) in [5.41, 5.74) is -0.668. The number of carbonyl (C=O) groups excluding carboxylic acids is 1. The maximum atomic E-state index is 13.1. The van der Waals surface area contributed by atoms with E-state index in [-0.39, 0.29) is 11.4 Å². The van der Waals surface area contributed by atoms with Gasteiger partial charge in [-0.1, -0.05) is 0 Å². The van der Waals surface area contributed by atoms with Gasteiger partial charge in [0.1, 0.15) is 5.75 Å². The number of hydrogen-bond acceptors (Lipinski definition) is 4. The van der Waals surface area contributed by atoms with Crippen molar-refractivity contribution in [3.8, 4) is 5.75 Å². The fourth-order valence-corrected chi connectivity index (χ4v) is 1.03. The van der Waals surface area contributed by atoms with Crippen molar-refractivity contribution in [2.45, 2.75) is 0 Å². The molecule has 1 rings (SSSR count). The first kappa shape index (κ1) is 10.9. The van der Waals surface area contributed by atoms with Gasteiger partial charge in [-0.25, -0.2) is 0 Å². The van der Waals surface area contributed by atoms with Crippen LogP contribution in [0.15, 0.2) is 12.1 Å². The minimum absolute atomic E-state index is 0.0233. The van der Waals surface area contributed by atoms with Crippen molar-refractivity contribution in [1.29, 1.82) is 0 Å². The number of nitrogens with zero attached hydrogens (tertiary/aromatic N) is 1. The summed E-state index contributed by atoms with van der Waals surface area (Å²) in [5.74, 6) is -1.01. The molecule has 1 aromatic carbocycles. The summed E-state index contributed by atoms with van der Waals surface area (Å²) < 4.78 is 17.8. The first-order valence-corrected chi connectivity index (χ1v) is 3.82. The lowest BCUT2D eigenvalue weighted by atomic mass is 10.2. The molecule has 0 radical (unpaired) electrons. The average Bonchev–Trinajstić information content (AvgIpc) is 2.18. The maximum Gasteiger partial charge on any atom is 0.308 e. The van der Waals surface area contributed by atoms with E-state index in [1.165, 1.54) is 7.11 Å². The summed E-state index contributed by atoms with van der Waals surface area (Å²) in [6.07, 6.45) is 0.323. The van der Waals surface area contributed by atoms with Crippen molar-refractivity contribution in [3.05, 3.63) is 28.1 Å².